The number of amides is 2. The average Bonchev–Trinajstić information content (AvgIpc) is 3.36. The molecule has 2 amide bonds. The topological polar surface area (TPSA) is 76.0 Å². The summed E-state index contributed by atoms with van der Waals surface area (Å²) in [6.45, 7) is 1.20. The summed E-state index contributed by atoms with van der Waals surface area (Å²) in [5.41, 5.74) is 4.40. The van der Waals surface area contributed by atoms with E-state index in [2.05, 4.69) is 40.0 Å². The maximum absolute atomic E-state index is 13.1. The molecule has 0 saturated carbocycles. The molecule has 0 fully saturated rings. The molecule has 0 saturated heterocycles. The van der Waals surface area contributed by atoms with Crippen LogP contribution >= 0.6 is 11.6 Å². The summed E-state index contributed by atoms with van der Waals surface area (Å²) in [6, 6.07) is 21.6. The van der Waals surface area contributed by atoms with Gasteiger partial charge in [-0.25, -0.2) is 4.39 Å². The first-order valence-corrected chi connectivity index (χ1v) is 11.5. The van der Waals surface area contributed by atoms with Crippen LogP contribution < -0.4 is 10.6 Å². The molecule has 1 aromatic heterocycles. The summed E-state index contributed by atoms with van der Waals surface area (Å²) in [6.07, 6.45) is 3.79. The first-order chi connectivity index (χ1) is 17.0. The molecule has 0 radical (unpaired) electrons. The molecule has 0 spiro atoms. The van der Waals surface area contributed by atoms with Gasteiger partial charge < -0.3 is 10.6 Å². The van der Waals surface area contributed by atoms with E-state index in [0.29, 0.717) is 13.1 Å². The Morgan fingerprint density at radius 2 is 1.77 bits per heavy atom. The third kappa shape index (κ3) is 6.55. The summed E-state index contributed by atoms with van der Waals surface area (Å²) in [5, 5.41) is 9.80. The second-order valence-electron chi connectivity index (χ2n) is 7.96. The maximum Gasteiger partial charge on any atom is 0.252 e. The van der Waals surface area contributed by atoms with E-state index in [1.165, 1.54) is 6.07 Å². The van der Waals surface area contributed by atoms with Crippen molar-refractivity contribution < 1.29 is 14.0 Å². The molecular formula is C27H24ClFN4O2. The van der Waals surface area contributed by atoms with E-state index in [-0.39, 0.29) is 29.5 Å². The zero-order valence-corrected chi connectivity index (χ0v) is 19.6. The maximum atomic E-state index is 13.1. The SMILES string of the molecule is O=C(CCNC(=O)c1ccc(F)cc1Cl)NCc1ccccc1-c1ccc(Cn2cccn2)cc1. The van der Waals surface area contributed by atoms with Crippen LogP contribution in [0.3, 0.4) is 0 Å². The molecular weight excluding hydrogens is 467 g/mol. The number of benzene rings is 3. The quantitative estimate of drug-likeness (QED) is 0.353. The lowest BCUT2D eigenvalue weighted by Gasteiger charge is -2.12. The molecule has 0 unspecified atom stereocenters. The summed E-state index contributed by atoms with van der Waals surface area (Å²) >= 11 is 5.90. The molecule has 0 bridgehead atoms. The van der Waals surface area contributed by atoms with E-state index in [0.717, 1.165) is 34.4 Å². The number of nitrogens with zero attached hydrogens (tertiary/aromatic N) is 2. The number of hydrogen-bond donors (Lipinski definition) is 2. The van der Waals surface area contributed by atoms with Gasteiger partial charge in [0.15, 0.2) is 0 Å². The predicted molar refractivity (Wildman–Crippen MR) is 133 cm³/mol. The van der Waals surface area contributed by atoms with Gasteiger partial charge in [0.2, 0.25) is 5.91 Å². The van der Waals surface area contributed by atoms with Crippen molar-refractivity contribution in [2.45, 2.75) is 19.5 Å². The largest absolute Gasteiger partial charge is 0.352 e. The molecule has 35 heavy (non-hydrogen) atoms. The fourth-order valence-corrected chi connectivity index (χ4v) is 3.92. The normalized spacial score (nSPS) is 10.7. The van der Waals surface area contributed by atoms with Crippen molar-refractivity contribution in [1.29, 1.82) is 0 Å². The van der Waals surface area contributed by atoms with Gasteiger partial charge in [-0.15, -0.1) is 0 Å². The molecule has 8 heteroatoms. The standard InChI is InChI=1S/C27H24ClFN4O2/c28-25-16-22(29)10-11-24(25)27(35)30-14-12-26(34)31-17-21-4-1-2-5-23(21)20-8-6-19(7-9-20)18-33-15-3-13-32-33/h1-11,13,15-16H,12,14,17-18H2,(H,30,35)(H,31,34). The highest BCUT2D eigenvalue weighted by molar-refractivity contribution is 6.33. The molecule has 2 N–H and O–H groups in total. The van der Waals surface area contributed by atoms with Crippen LogP contribution in [0.1, 0.15) is 27.9 Å². The zero-order valence-electron chi connectivity index (χ0n) is 18.9. The van der Waals surface area contributed by atoms with Crippen LogP contribution in [-0.4, -0.2) is 28.1 Å². The highest BCUT2D eigenvalue weighted by Crippen LogP contribution is 2.24. The number of hydrogen-bond acceptors (Lipinski definition) is 3. The van der Waals surface area contributed by atoms with Crippen molar-refractivity contribution in [2.24, 2.45) is 0 Å². The molecule has 0 aliphatic rings. The lowest BCUT2D eigenvalue weighted by atomic mass is 9.98. The van der Waals surface area contributed by atoms with E-state index in [4.69, 9.17) is 11.6 Å². The minimum atomic E-state index is -0.517. The van der Waals surface area contributed by atoms with Gasteiger partial charge in [-0.2, -0.15) is 5.10 Å². The number of nitrogens with one attached hydrogen (secondary N) is 2. The number of rotatable bonds is 9. The third-order valence-electron chi connectivity index (χ3n) is 5.48. The molecule has 178 valence electrons. The Labute approximate surface area is 207 Å². The van der Waals surface area contributed by atoms with Gasteiger partial charge in [0.05, 0.1) is 17.1 Å². The van der Waals surface area contributed by atoms with Crippen molar-refractivity contribution in [3.8, 4) is 11.1 Å². The second kappa shape index (κ2) is 11.4. The van der Waals surface area contributed by atoms with Gasteiger partial charge >= 0.3 is 0 Å². The van der Waals surface area contributed by atoms with Crippen molar-refractivity contribution >= 4 is 23.4 Å². The third-order valence-corrected chi connectivity index (χ3v) is 5.79. The molecule has 3 aromatic carbocycles. The first kappa shape index (κ1) is 24.2. The van der Waals surface area contributed by atoms with Crippen molar-refractivity contribution in [2.75, 3.05) is 6.54 Å². The van der Waals surface area contributed by atoms with Crippen LogP contribution in [0, 0.1) is 5.82 Å². The van der Waals surface area contributed by atoms with E-state index < -0.39 is 11.7 Å². The van der Waals surface area contributed by atoms with Gasteiger partial charge in [-0.1, -0.05) is 60.1 Å². The van der Waals surface area contributed by atoms with Gasteiger partial charge in [0, 0.05) is 31.9 Å². The summed E-state index contributed by atoms with van der Waals surface area (Å²) in [7, 11) is 0. The number of carbonyl (C=O) groups excluding carboxylic acids is 2. The summed E-state index contributed by atoms with van der Waals surface area (Å²) in [5.74, 6) is -1.17. The van der Waals surface area contributed by atoms with E-state index in [1.807, 2.05) is 41.2 Å². The van der Waals surface area contributed by atoms with E-state index >= 15 is 0 Å². The van der Waals surface area contributed by atoms with Gasteiger partial charge in [-0.05, 0) is 46.5 Å². The predicted octanol–water partition coefficient (Wildman–Crippen LogP) is 4.83. The highest BCUT2D eigenvalue weighted by Gasteiger charge is 2.12. The molecule has 4 rings (SSSR count). The first-order valence-electron chi connectivity index (χ1n) is 11.1. The fraction of sp³-hybridized carbons (Fsp3) is 0.148. The smallest absolute Gasteiger partial charge is 0.252 e. The highest BCUT2D eigenvalue weighted by atomic mass is 35.5. The summed E-state index contributed by atoms with van der Waals surface area (Å²) < 4.78 is 15.0. The molecule has 4 aromatic rings. The monoisotopic (exact) mass is 490 g/mol. The van der Waals surface area contributed by atoms with Crippen molar-refractivity contribution in [3.63, 3.8) is 0 Å². The van der Waals surface area contributed by atoms with Crippen molar-refractivity contribution in [1.82, 2.24) is 20.4 Å². The lowest BCUT2D eigenvalue weighted by molar-refractivity contribution is -0.121. The molecule has 6 nitrogen and oxygen atoms in total. The van der Waals surface area contributed by atoms with Crippen molar-refractivity contribution in [3.05, 3.63) is 113 Å². The summed E-state index contributed by atoms with van der Waals surface area (Å²) in [4.78, 5) is 24.5. The molecule has 0 aliphatic carbocycles. The Balaban J connectivity index is 1.30. The van der Waals surface area contributed by atoms with Crippen LogP contribution in [0.5, 0.6) is 0 Å². The average molecular weight is 491 g/mol. The van der Waals surface area contributed by atoms with E-state index in [9.17, 15) is 14.0 Å². The number of halogens is 2. The van der Waals surface area contributed by atoms with E-state index in [1.54, 1.807) is 6.20 Å². The molecule has 1 heterocycles. The van der Waals surface area contributed by atoms with Crippen LogP contribution in [0.2, 0.25) is 5.02 Å². The molecule has 0 atom stereocenters. The minimum absolute atomic E-state index is 0.0259. The van der Waals surface area contributed by atoms with Crippen LogP contribution in [0.25, 0.3) is 11.1 Å². The van der Waals surface area contributed by atoms with Gasteiger partial charge in [0.25, 0.3) is 5.91 Å². The Bertz CT molecular complexity index is 1310. The number of carbonyl (C=O) groups is 2. The van der Waals surface area contributed by atoms with Gasteiger partial charge in [0.1, 0.15) is 5.82 Å². The van der Waals surface area contributed by atoms with Gasteiger partial charge in [-0.3, -0.25) is 14.3 Å². The zero-order chi connectivity index (χ0) is 24.6. The second-order valence-corrected chi connectivity index (χ2v) is 8.37. The Morgan fingerprint density at radius 3 is 2.51 bits per heavy atom. The minimum Gasteiger partial charge on any atom is -0.352 e. The Hall–Kier alpha value is -3.97. The number of aromatic nitrogens is 2. The van der Waals surface area contributed by atoms with Crippen LogP contribution in [0.15, 0.2) is 85.2 Å². The van der Waals surface area contributed by atoms with Crippen LogP contribution in [-0.2, 0) is 17.9 Å². The Kier molecular flexibility index (Phi) is 7.90. The lowest BCUT2D eigenvalue weighted by Crippen LogP contribution is -2.30. The van der Waals surface area contributed by atoms with Crippen LogP contribution in [0.4, 0.5) is 4.39 Å². The Morgan fingerprint density at radius 1 is 0.971 bits per heavy atom. The molecule has 0 aliphatic heterocycles. The fourth-order valence-electron chi connectivity index (χ4n) is 3.67.